The van der Waals surface area contributed by atoms with Crippen molar-refractivity contribution in [3.63, 3.8) is 0 Å². The van der Waals surface area contributed by atoms with Gasteiger partial charge in [-0.05, 0) is 67.8 Å². The number of unbranched alkanes of at least 4 members (excludes halogenated alkanes) is 4. The smallest absolute Gasteiger partial charge is 0.262 e. The Hall–Kier alpha value is -2.20. The Kier molecular flexibility index (Phi) is 9.15. The summed E-state index contributed by atoms with van der Waals surface area (Å²) in [6.45, 7) is 6.70. The van der Waals surface area contributed by atoms with Crippen LogP contribution in [-0.4, -0.2) is 19.1 Å². The predicted octanol–water partition coefficient (Wildman–Crippen LogP) is 6.32. The number of hydrogen-bond donors (Lipinski definition) is 1. The standard InChI is InChI=1S/C23H30ClNO3/c1-4-5-6-7-8-13-27-20-11-9-19(10-12-20)25-22(26)16-28-21-14-17(2)23(24)18(3)15-21/h9-12,14-15H,4-8,13,16H2,1-3H3,(H,25,26). The van der Waals surface area contributed by atoms with E-state index in [-0.39, 0.29) is 12.5 Å². The van der Waals surface area contributed by atoms with Crippen molar-refractivity contribution >= 4 is 23.2 Å². The third-order valence-corrected chi connectivity index (χ3v) is 5.03. The highest BCUT2D eigenvalue weighted by Crippen LogP contribution is 2.25. The van der Waals surface area contributed by atoms with Crippen LogP contribution in [0.25, 0.3) is 0 Å². The van der Waals surface area contributed by atoms with Crippen LogP contribution in [0.1, 0.15) is 50.2 Å². The Labute approximate surface area is 173 Å². The lowest BCUT2D eigenvalue weighted by Gasteiger charge is -2.11. The van der Waals surface area contributed by atoms with Gasteiger partial charge >= 0.3 is 0 Å². The van der Waals surface area contributed by atoms with E-state index < -0.39 is 0 Å². The molecule has 0 unspecified atom stereocenters. The van der Waals surface area contributed by atoms with Crippen LogP contribution in [0.5, 0.6) is 11.5 Å². The molecule has 28 heavy (non-hydrogen) atoms. The highest BCUT2D eigenvalue weighted by atomic mass is 35.5. The summed E-state index contributed by atoms with van der Waals surface area (Å²) in [5.74, 6) is 1.24. The summed E-state index contributed by atoms with van der Waals surface area (Å²) in [4.78, 5) is 12.1. The van der Waals surface area contributed by atoms with Gasteiger partial charge in [-0.3, -0.25) is 4.79 Å². The van der Waals surface area contributed by atoms with Gasteiger partial charge < -0.3 is 14.8 Å². The lowest BCUT2D eigenvalue weighted by molar-refractivity contribution is -0.118. The van der Waals surface area contributed by atoms with Crippen molar-refractivity contribution in [3.05, 3.63) is 52.5 Å². The summed E-state index contributed by atoms with van der Waals surface area (Å²) in [6, 6.07) is 11.1. The molecule has 0 spiro atoms. The zero-order valence-electron chi connectivity index (χ0n) is 17.0. The number of rotatable bonds is 11. The van der Waals surface area contributed by atoms with Crippen molar-refractivity contribution in [1.82, 2.24) is 0 Å². The number of halogens is 1. The van der Waals surface area contributed by atoms with Crippen molar-refractivity contribution in [2.75, 3.05) is 18.5 Å². The number of ether oxygens (including phenoxy) is 2. The molecule has 0 aliphatic heterocycles. The van der Waals surface area contributed by atoms with Crippen LogP contribution in [-0.2, 0) is 4.79 Å². The van der Waals surface area contributed by atoms with Crippen LogP contribution in [0, 0.1) is 13.8 Å². The van der Waals surface area contributed by atoms with E-state index in [4.69, 9.17) is 21.1 Å². The van der Waals surface area contributed by atoms with Crippen LogP contribution in [0.3, 0.4) is 0 Å². The number of nitrogens with one attached hydrogen (secondary N) is 1. The summed E-state index contributed by atoms with van der Waals surface area (Å²) < 4.78 is 11.3. The molecule has 0 radical (unpaired) electrons. The second-order valence-electron chi connectivity index (χ2n) is 6.99. The molecule has 2 aromatic rings. The molecule has 0 fully saturated rings. The van der Waals surface area contributed by atoms with Gasteiger partial charge in [-0.1, -0.05) is 44.2 Å². The zero-order valence-corrected chi connectivity index (χ0v) is 17.8. The van der Waals surface area contributed by atoms with Gasteiger partial charge in [0, 0.05) is 10.7 Å². The first kappa shape index (κ1) is 22.1. The monoisotopic (exact) mass is 403 g/mol. The van der Waals surface area contributed by atoms with E-state index in [2.05, 4.69) is 12.2 Å². The van der Waals surface area contributed by atoms with Crippen molar-refractivity contribution in [1.29, 1.82) is 0 Å². The molecule has 0 atom stereocenters. The molecule has 0 saturated carbocycles. The number of carbonyl (C=O) groups excluding carboxylic acids is 1. The summed E-state index contributed by atoms with van der Waals surface area (Å²) in [5, 5.41) is 3.55. The molecule has 152 valence electrons. The average molecular weight is 404 g/mol. The fourth-order valence-electron chi connectivity index (χ4n) is 2.87. The maximum absolute atomic E-state index is 12.1. The van der Waals surface area contributed by atoms with Crippen molar-refractivity contribution < 1.29 is 14.3 Å². The highest BCUT2D eigenvalue weighted by molar-refractivity contribution is 6.32. The Morgan fingerprint density at radius 1 is 0.929 bits per heavy atom. The highest BCUT2D eigenvalue weighted by Gasteiger charge is 2.07. The Balaban J connectivity index is 1.73. The van der Waals surface area contributed by atoms with Crippen LogP contribution in [0.2, 0.25) is 5.02 Å². The molecule has 0 heterocycles. The molecule has 1 amide bonds. The first-order valence-electron chi connectivity index (χ1n) is 9.92. The van der Waals surface area contributed by atoms with Gasteiger partial charge in [0.05, 0.1) is 6.61 Å². The summed E-state index contributed by atoms with van der Waals surface area (Å²) in [6.07, 6.45) is 6.07. The molecule has 0 aromatic heterocycles. The number of aryl methyl sites for hydroxylation is 2. The van der Waals surface area contributed by atoms with Crippen LogP contribution in [0.15, 0.2) is 36.4 Å². The Morgan fingerprint density at radius 2 is 1.57 bits per heavy atom. The molecule has 1 N–H and O–H groups in total. The molecule has 0 aliphatic rings. The summed E-state index contributed by atoms with van der Waals surface area (Å²) in [5.41, 5.74) is 2.57. The van der Waals surface area contributed by atoms with Gasteiger partial charge in [0.25, 0.3) is 5.91 Å². The molecule has 5 heteroatoms. The third-order valence-electron chi connectivity index (χ3n) is 4.43. The minimum Gasteiger partial charge on any atom is -0.494 e. The molecular weight excluding hydrogens is 374 g/mol. The van der Waals surface area contributed by atoms with E-state index in [1.807, 2.05) is 50.2 Å². The van der Waals surface area contributed by atoms with E-state index in [9.17, 15) is 4.79 Å². The maximum Gasteiger partial charge on any atom is 0.262 e. The van der Waals surface area contributed by atoms with Gasteiger partial charge in [0.1, 0.15) is 11.5 Å². The first-order valence-corrected chi connectivity index (χ1v) is 10.3. The molecule has 0 saturated heterocycles. The van der Waals surface area contributed by atoms with E-state index in [0.717, 1.165) is 34.9 Å². The SMILES string of the molecule is CCCCCCCOc1ccc(NC(=O)COc2cc(C)c(Cl)c(C)c2)cc1. The predicted molar refractivity (Wildman–Crippen MR) is 116 cm³/mol. The van der Waals surface area contributed by atoms with Crippen molar-refractivity contribution in [3.8, 4) is 11.5 Å². The van der Waals surface area contributed by atoms with Gasteiger partial charge in [0.2, 0.25) is 0 Å². The van der Waals surface area contributed by atoms with E-state index in [1.165, 1.54) is 25.7 Å². The van der Waals surface area contributed by atoms with Gasteiger partial charge in [-0.2, -0.15) is 0 Å². The zero-order chi connectivity index (χ0) is 20.4. The van der Waals surface area contributed by atoms with Crippen LogP contribution < -0.4 is 14.8 Å². The topological polar surface area (TPSA) is 47.6 Å². The number of anilines is 1. The summed E-state index contributed by atoms with van der Waals surface area (Å²) in [7, 11) is 0. The maximum atomic E-state index is 12.1. The van der Waals surface area contributed by atoms with Crippen LogP contribution in [0.4, 0.5) is 5.69 Å². The average Bonchev–Trinajstić information content (AvgIpc) is 2.68. The number of hydrogen-bond acceptors (Lipinski definition) is 3. The molecule has 4 nitrogen and oxygen atoms in total. The second-order valence-corrected chi connectivity index (χ2v) is 7.37. The fraction of sp³-hybridized carbons (Fsp3) is 0.435. The van der Waals surface area contributed by atoms with E-state index >= 15 is 0 Å². The lowest BCUT2D eigenvalue weighted by atomic mass is 10.1. The number of carbonyl (C=O) groups is 1. The number of amides is 1. The van der Waals surface area contributed by atoms with Gasteiger partial charge in [-0.25, -0.2) is 0 Å². The largest absolute Gasteiger partial charge is 0.494 e. The van der Waals surface area contributed by atoms with E-state index in [1.54, 1.807) is 0 Å². The normalized spacial score (nSPS) is 10.6. The van der Waals surface area contributed by atoms with Crippen LogP contribution >= 0.6 is 11.6 Å². The van der Waals surface area contributed by atoms with Crippen molar-refractivity contribution in [2.45, 2.75) is 52.9 Å². The third kappa shape index (κ3) is 7.43. The fourth-order valence-corrected chi connectivity index (χ4v) is 2.97. The molecule has 0 bridgehead atoms. The molecule has 2 aromatic carbocycles. The minimum atomic E-state index is -0.213. The molecule has 2 rings (SSSR count). The summed E-state index contributed by atoms with van der Waals surface area (Å²) >= 11 is 6.15. The molecule has 0 aliphatic carbocycles. The lowest BCUT2D eigenvalue weighted by Crippen LogP contribution is -2.20. The molecular formula is C23H30ClNO3. The Bertz CT molecular complexity index is 736. The van der Waals surface area contributed by atoms with Crippen molar-refractivity contribution in [2.24, 2.45) is 0 Å². The van der Waals surface area contributed by atoms with E-state index in [0.29, 0.717) is 11.4 Å². The Morgan fingerprint density at radius 3 is 2.21 bits per heavy atom. The minimum absolute atomic E-state index is 0.0590. The second kappa shape index (κ2) is 11.6. The van der Waals surface area contributed by atoms with Gasteiger partial charge in [-0.15, -0.1) is 0 Å². The quantitative estimate of drug-likeness (QED) is 0.446. The first-order chi connectivity index (χ1) is 13.5. The van der Waals surface area contributed by atoms with Gasteiger partial charge in [0.15, 0.2) is 6.61 Å². The number of benzene rings is 2.